The zero-order valence-corrected chi connectivity index (χ0v) is 15.9. The molecule has 0 aliphatic rings. The largest absolute Gasteiger partial charge is 0.454 e. The predicted molar refractivity (Wildman–Crippen MR) is 105 cm³/mol. The Balaban J connectivity index is 2.27. The summed E-state index contributed by atoms with van der Waals surface area (Å²) in [6.07, 6.45) is 2.07. The van der Waals surface area contributed by atoms with Gasteiger partial charge in [-0.25, -0.2) is 0 Å². The van der Waals surface area contributed by atoms with Crippen molar-refractivity contribution >= 4 is 17.8 Å². The average molecular weight is 350 g/mol. The summed E-state index contributed by atoms with van der Waals surface area (Å²) in [5, 5.41) is 0. The number of hydrogen-bond acceptors (Lipinski definition) is 3. The Bertz CT molecular complexity index is 788. The highest BCUT2D eigenvalue weighted by atomic mass is 16.6. The van der Waals surface area contributed by atoms with Crippen LogP contribution in [0.25, 0.3) is 6.08 Å². The van der Waals surface area contributed by atoms with Gasteiger partial charge in [-0.15, -0.1) is 0 Å². The van der Waals surface area contributed by atoms with Gasteiger partial charge in [-0.05, 0) is 38.3 Å². The van der Waals surface area contributed by atoms with Crippen LogP contribution in [0.5, 0.6) is 0 Å². The van der Waals surface area contributed by atoms with Crippen LogP contribution in [0.15, 0.2) is 61.2 Å². The lowest BCUT2D eigenvalue weighted by molar-refractivity contribution is -0.166. The number of ether oxygens (including phenoxy) is 1. The summed E-state index contributed by atoms with van der Waals surface area (Å²) >= 11 is 0. The van der Waals surface area contributed by atoms with E-state index in [1.54, 1.807) is 25.1 Å². The highest BCUT2D eigenvalue weighted by Gasteiger charge is 2.43. The van der Waals surface area contributed by atoms with Crippen LogP contribution in [0.3, 0.4) is 0 Å². The summed E-state index contributed by atoms with van der Waals surface area (Å²) in [6, 6.07) is 16.6. The van der Waals surface area contributed by atoms with Crippen LogP contribution >= 0.6 is 0 Å². The van der Waals surface area contributed by atoms with Gasteiger partial charge in [0.2, 0.25) is 0 Å². The minimum absolute atomic E-state index is 0.232. The molecular weight excluding hydrogens is 324 g/mol. The van der Waals surface area contributed by atoms with Crippen LogP contribution in [0.2, 0.25) is 0 Å². The van der Waals surface area contributed by atoms with Gasteiger partial charge in [0.1, 0.15) is 11.0 Å². The van der Waals surface area contributed by atoms with E-state index in [9.17, 15) is 9.59 Å². The van der Waals surface area contributed by atoms with Crippen molar-refractivity contribution in [1.82, 2.24) is 0 Å². The molecule has 1 unspecified atom stereocenters. The molecule has 2 aromatic carbocycles. The molecular formula is C23H26O3. The third-order valence-electron chi connectivity index (χ3n) is 4.88. The normalized spacial score (nSPS) is 13.5. The molecule has 3 heteroatoms. The molecule has 3 nitrogen and oxygen atoms in total. The minimum atomic E-state index is -1.23. The molecule has 0 aliphatic carbocycles. The van der Waals surface area contributed by atoms with Crippen molar-refractivity contribution in [3.05, 3.63) is 77.9 Å². The van der Waals surface area contributed by atoms with Crippen molar-refractivity contribution in [1.29, 1.82) is 0 Å². The number of carbonyl (C=O) groups is 2. The number of carbonyl (C=O) groups excluding carboxylic acids is 2. The summed E-state index contributed by atoms with van der Waals surface area (Å²) < 4.78 is 5.79. The monoisotopic (exact) mass is 350 g/mol. The van der Waals surface area contributed by atoms with Crippen molar-refractivity contribution in [3.8, 4) is 0 Å². The molecule has 0 heterocycles. The lowest BCUT2D eigenvalue weighted by Gasteiger charge is -2.32. The van der Waals surface area contributed by atoms with Crippen molar-refractivity contribution in [3.63, 3.8) is 0 Å². The Morgan fingerprint density at radius 3 is 2.08 bits per heavy atom. The second-order valence-corrected chi connectivity index (χ2v) is 7.11. The maximum atomic E-state index is 13.0. The first-order chi connectivity index (χ1) is 12.2. The topological polar surface area (TPSA) is 43.4 Å². The Labute approximate surface area is 155 Å². The van der Waals surface area contributed by atoms with Crippen molar-refractivity contribution in [2.75, 3.05) is 0 Å². The first-order valence-corrected chi connectivity index (χ1v) is 8.81. The van der Waals surface area contributed by atoms with Gasteiger partial charge in [-0.1, -0.05) is 74.2 Å². The second-order valence-electron chi connectivity index (χ2n) is 7.11. The Hall–Kier alpha value is -2.68. The highest BCUT2D eigenvalue weighted by Crippen LogP contribution is 2.33. The van der Waals surface area contributed by atoms with E-state index in [-0.39, 0.29) is 5.78 Å². The molecule has 0 saturated carbocycles. The molecule has 0 aromatic heterocycles. The first-order valence-electron chi connectivity index (χ1n) is 8.81. The number of esters is 1. The molecule has 0 saturated heterocycles. The zero-order valence-electron chi connectivity index (χ0n) is 15.9. The molecule has 0 spiro atoms. The average Bonchev–Trinajstić information content (AvgIpc) is 2.67. The smallest absolute Gasteiger partial charge is 0.320 e. The van der Waals surface area contributed by atoms with Gasteiger partial charge >= 0.3 is 5.97 Å². The van der Waals surface area contributed by atoms with E-state index in [0.29, 0.717) is 12.0 Å². The molecule has 136 valence electrons. The lowest BCUT2D eigenvalue weighted by Crippen LogP contribution is -2.41. The molecule has 0 aliphatic heterocycles. The van der Waals surface area contributed by atoms with E-state index in [1.807, 2.05) is 63.2 Å². The fourth-order valence-corrected chi connectivity index (χ4v) is 2.73. The van der Waals surface area contributed by atoms with Crippen LogP contribution in [0, 0.1) is 5.41 Å². The van der Waals surface area contributed by atoms with Crippen LogP contribution in [0.1, 0.15) is 55.6 Å². The van der Waals surface area contributed by atoms with Crippen LogP contribution in [-0.4, -0.2) is 11.8 Å². The van der Waals surface area contributed by atoms with Gasteiger partial charge in [0, 0.05) is 5.56 Å². The third kappa shape index (κ3) is 3.93. The van der Waals surface area contributed by atoms with Crippen molar-refractivity contribution in [2.45, 2.75) is 39.7 Å². The first kappa shape index (κ1) is 19.6. The summed E-state index contributed by atoms with van der Waals surface area (Å²) in [6.45, 7) is 10.9. The molecule has 0 bridgehead atoms. The number of Topliss-reactive ketones (excluding diaryl/α,β-unsaturated/α-hetero) is 1. The molecule has 0 amide bonds. The predicted octanol–water partition coefficient (Wildman–Crippen LogP) is 5.41. The maximum absolute atomic E-state index is 13.0. The maximum Gasteiger partial charge on any atom is 0.320 e. The fourth-order valence-electron chi connectivity index (χ4n) is 2.73. The summed E-state index contributed by atoms with van der Waals surface area (Å²) in [4.78, 5) is 26.0. The van der Waals surface area contributed by atoms with E-state index in [1.165, 1.54) is 0 Å². The molecule has 0 N–H and O–H groups in total. The zero-order chi connectivity index (χ0) is 19.4. The Morgan fingerprint density at radius 1 is 1.00 bits per heavy atom. The molecule has 26 heavy (non-hydrogen) atoms. The fraction of sp³-hybridized carbons (Fsp3) is 0.304. The van der Waals surface area contributed by atoms with Gasteiger partial charge in [0.25, 0.3) is 0 Å². The molecule has 0 radical (unpaired) electrons. The Morgan fingerprint density at radius 2 is 1.58 bits per heavy atom. The number of benzene rings is 2. The molecule has 1 atom stereocenters. The Kier molecular flexibility index (Phi) is 5.81. The van der Waals surface area contributed by atoms with Gasteiger partial charge in [-0.3, -0.25) is 9.59 Å². The minimum Gasteiger partial charge on any atom is -0.454 e. The molecule has 0 fully saturated rings. The lowest BCUT2D eigenvalue weighted by atomic mass is 9.79. The summed E-state index contributed by atoms with van der Waals surface area (Å²) in [7, 11) is 0. The van der Waals surface area contributed by atoms with E-state index < -0.39 is 17.0 Å². The van der Waals surface area contributed by atoms with E-state index in [0.717, 1.165) is 11.1 Å². The number of rotatable bonds is 7. The van der Waals surface area contributed by atoms with E-state index >= 15 is 0 Å². The van der Waals surface area contributed by atoms with Gasteiger partial charge in [-0.2, -0.15) is 0 Å². The standard InChI is InChI=1S/C23H26O3/c1-6-17-13-15-18(16-14-17)20(24)23(5,7-2)21(25)26-22(3,4)19-11-9-8-10-12-19/h6,8-16H,1,7H2,2-5H3. The van der Waals surface area contributed by atoms with Gasteiger partial charge in [0.05, 0.1) is 0 Å². The second kappa shape index (κ2) is 7.69. The van der Waals surface area contributed by atoms with Gasteiger partial charge < -0.3 is 4.74 Å². The molecule has 2 rings (SSSR count). The van der Waals surface area contributed by atoms with Crippen molar-refractivity contribution < 1.29 is 14.3 Å². The number of hydrogen-bond donors (Lipinski definition) is 0. The van der Waals surface area contributed by atoms with Crippen LogP contribution < -0.4 is 0 Å². The van der Waals surface area contributed by atoms with E-state index in [2.05, 4.69) is 6.58 Å². The van der Waals surface area contributed by atoms with Gasteiger partial charge in [0.15, 0.2) is 5.78 Å². The number of ketones is 1. The van der Waals surface area contributed by atoms with Crippen molar-refractivity contribution in [2.24, 2.45) is 5.41 Å². The third-order valence-corrected chi connectivity index (χ3v) is 4.88. The van der Waals surface area contributed by atoms with Crippen LogP contribution in [-0.2, 0) is 15.1 Å². The molecule has 2 aromatic rings. The quantitative estimate of drug-likeness (QED) is 0.381. The summed E-state index contributed by atoms with van der Waals surface area (Å²) in [5.74, 6) is -0.740. The SMILES string of the molecule is C=Cc1ccc(C(=O)C(C)(CC)C(=O)OC(C)(C)c2ccccc2)cc1. The van der Waals surface area contributed by atoms with E-state index in [4.69, 9.17) is 4.74 Å². The highest BCUT2D eigenvalue weighted by molar-refractivity contribution is 6.12. The van der Waals surface area contributed by atoms with Crippen LogP contribution in [0.4, 0.5) is 0 Å². The summed E-state index contributed by atoms with van der Waals surface area (Å²) in [5.41, 5.74) is 0.250.